The highest BCUT2D eigenvalue weighted by atomic mass is 19.1. The molecule has 88 valence electrons. The summed E-state index contributed by atoms with van der Waals surface area (Å²) in [5.41, 5.74) is 2.43. The summed E-state index contributed by atoms with van der Waals surface area (Å²) in [5.74, 6) is -0.233. The summed E-state index contributed by atoms with van der Waals surface area (Å²) in [6.07, 6.45) is 3.88. The van der Waals surface area contributed by atoms with Crippen LogP contribution in [0.4, 0.5) is 4.39 Å². The number of rotatable bonds is 4. The van der Waals surface area contributed by atoms with E-state index in [0.717, 1.165) is 30.4 Å². The van der Waals surface area contributed by atoms with Crippen LogP contribution >= 0.6 is 0 Å². The lowest BCUT2D eigenvalue weighted by molar-refractivity contribution is 0.111. The molecule has 2 aromatic rings. The van der Waals surface area contributed by atoms with Gasteiger partial charge in [0.25, 0.3) is 0 Å². The second-order valence-electron chi connectivity index (χ2n) is 3.93. The summed E-state index contributed by atoms with van der Waals surface area (Å²) < 4.78 is 14.6. The minimum absolute atomic E-state index is 0.233. The summed E-state index contributed by atoms with van der Waals surface area (Å²) in [4.78, 5) is 14.8. The summed E-state index contributed by atoms with van der Waals surface area (Å²) >= 11 is 0. The van der Waals surface area contributed by atoms with Gasteiger partial charge in [0.15, 0.2) is 6.29 Å². The van der Waals surface area contributed by atoms with Crippen molar-refractivity contribution in [3.63, 3.8) is 0 Å². The van der Waals surface area contributed by atoms with Crippen LogP contribution in [0.3, 0.4) is 0 Å². The minimum atomic E-state index is -0.233. The van der Waals surface area contributed by atoms with E-state index in [1.54, 1.807) is 18.5 Å². The van der Waals surface area contributed by atoms with Crippen LogP contribution in [0.1, 0.15) is 21.7 Å². The Morgan fingerprint density at radius 1 is 1.29 bits per heavy atom. The maximum absolute atomic E-state index is 12.7. The quantitative estimate of drug-likeness (QED) is 0.757. The Kier molecular flexibility index (Phi) is 3.32. The van der Waals surface area contributed by atoms with Gasteiger partial charge < -0.3 is 4.57 Å². The van der Waals surface area contributed by atoms with E-state index in [-0.39, 0.29) is 5.82 Å². The fourth-order valence-electron chi connectivity index (χ4n) is 1.79. The molecule has 4 heteroatoms. The van der Waals surface area contributed by atoms with Gasteiger partial charge in [-0.3, -0.25) is 4.79 Å². The van der Waals surface area contributed by atoms with Gasteiger partial charge in [0.1, 0.15) is 11.5 Å². The Balaban J connectivity index is 2.09. The maximum Gasteiger partial charge on any atom is 0.170 e. The van der Waals surface area contributed by atoms with Crippen LogP contribution in [0, 0.1) is 5.82 Å². The monoisotopic (exact) mass is 232 g/mol. The number of carbonyl (C=O) groups excluding carboxylic acids is 1. The predicted octanol–water partition coefficient (Wildman–Crippen LogP) is 2.16. The van der Waals surface area contributed by atoms with E-state index in [9.17, 15) is 9.18 Å². The van der Waals surface area contributed by atoms with Crippen LogP contribution in [-0.4, -0.2) is 15.8 Å². The van der Waals surface area contributed by atoms with Gasteiger partial charge in [-0.15, -0.1) is 0 Å². The van der Waals surface area contributed by atoms with Crippen LogP contribution in [0.2, 0.25) is 0 Å². The first-order chi connectivity index (χ1) is 8.20. The van der Waals surface area contributed by atoms with Crippen molar-refractivity contribution in [2.45, 2.75) is 12.8 Å². The minimum Gasteiger partial charge on any atom is -0.337 e. The van der Waals surface area contributed by atoms with E-state index in [1.807, 2.05) is 11.6 Å². The molecule has 0 aliphatic heterocycles. The molecule has 1 aromatic carbocycles. The first-order valence-corrected chi connectivity index (χ1v) is 5.40. The van der Waals surface area contributed by atoms with E-state index >= 15 is 0 Å². The Bertz CT molecular complexity index is 517. The topological polar surface area (TPSA) is 34.9 Å². The lowest BCUT2D eigenvalue weighted by atomic mass is 10.1. The molecule has 0 aliphatic carbocycles. The molecule has 3 nitrogen and oxygen atoms in total. The van der Waals surface area contributed by atoms with Crippen LogP contribution in [0.5, 0.6) is 0 Å². The second-order valence-corrected chi connectivity index (χ2v) is 3.93. The molecule has 0 spiro atoms. The van der Waals surface area contributed by atoms with E-state index in [1.165, 1.54) is 12.1 Å². The highest BCUT2D eigenvalue weighted by Crippen LogP contribution is 2.10. The molecule has 1 aromatic heterocycles. The molecule has 1 heterocycles. The number of hydrogen-bond acceptors (Lipinski definition) is 2. The molecule has 2 rings (SSSR count). The molecular formula is C13H13FN2O. The first-order valence-electron chi connectivity index (χ1n) is 5.40. The standard InChI is InChI=1S/C13H13FN2O/c1-16-9-15-12(8-17)13(16)7-4-10-2-5-11(14)6-3-10/h2-3,5-6,8-9H,4,7H2,1H3. The zero-order valence-corrected chi connectivity index (χ0v) is 9.56. The van der Waals surface area contributed by atoms with Gasteiger partial charge in [0.2, 0.25) is 0 Å². The molecule has 0 saturated carbocycles. The average Bonchev–Trinajstić information content (AvgIpc) is 2.69. The van der Waals surface area contributed by atoms with Crippen LogP contribution in [0.25, 0.3) is 0 Å². The molecular weight excluding hydrogens is 219 g/mol. The zero-order valence-electron chi connectivity index (χ0n) is 9.56. The summed E-state index contributed by atoms with van der Waals surface area (Å²) in [6.45, 7) is 0. The summed E-state index contributed by atoms with van der Waals surface area (Å²) in [7, 11) is 1.86. The third-order valence-electron chi connectivity index (χ3n) is 2.77. The van der Waals surface area contributed by atoms with Crippen molar-refractivity contribution in [2.24, 2.45) is 7.05 Å². The number of hydrogen-bond donors (Lipinski definition) is 0. The number of aryl methyl sites for hydroxylation is 2. The smallest absolute Gasteiger partial charge is 0.170 e. The molecule has 0 radical (unpaired) electrons. The van der Waals surface area contributed by atoms with Gasteiger partial charge in [-0.05, 0) is 30.5 Å². The van der Waals surface area contributed by atoms with Crippen molar-refractivity contribution >= 4 is 6.29 Å². The van der Waals surface area contributed by atoms with Crippen molar-refractivity contribution in [2.75, 3.05) is 0 Å². The van der Waals surface area contributed by atoms with Crippen molar-refractivity contribution < 1.29 is 9.18 Å². The number of nitrogens with zero attached hydrogens (tertiary/aromatic N) is 2. The van der Waals surface area contributed by atoms with Gasteiger partial charge in [-0.2, -0.15) is 0 Å². The third kappa shape index (κ3) is 2.58. The average molecular weight is 232 g/mol. The fraction of sp³-hybridized carbons (Fsp3) is 0.231. The molecule has 0 fully saturated rings. The van der Waals surface area contributed by atoms with E-state index in [4.69, 9.17) is 0 Å². The van der Waals surface area contributed by atoms with Gasteiger partial charge in [-0.25, -0.2) is 9.37 Å². The lowest BCUT2D eigenvalue weighted by Gasteiger charge is -2.04. The van der Waals surface area contributed by atoms with Gasteiger partial charge in [-0.1, -0.05) is 12.1 Å². The van der Waals surface area contributed by atoms with Crippen molar-refractivity contribution in [1.29, 1.82) is 0 Å². The molecule has 0 amide bonds. The molecule has 0 bridgehead atoms. The Labute approximate surface area is 98.9 Å². The zero-order chi connectivity index (χ0) is 12.3. The maximum atomic E-state index is 12.7. The SMILES string of the molecule is Cn1cnc(C=O)c1CCc1ccc(F)cc1. The number of carbonyl (C=O) groups is 1. The van der Waals surface area contributed by atoms with Crippen LogP contribution < -0.4 is 0 Å². The highest BCUT2D eigenvalue weighted by molar-refractivity contribution is 5.73. The normalized spacial score (nSPS) is 10.5. The molecule has 17 heavy (non-hydrogen) atoms. The van der Waals surface area contributed by atoms with E-state index in [2.05, 4.69) is 4.98 Å². The molecule has 0 N–H and O–H groups in total. The third-order valence-corrected chi connectivity index (χ3v) is 2.77. The largest absolute Gasteiger partial charge is 0.337 e. The van der Waals surface area contributed by atoms with Crippen molar-refractivity contribution in [3.05, 3.63) is 53.4 Å². The van der Waals surface area contributed by atoms with E-state index < -0.39 is 0 Å². The first kappa shape index (κ1) is 11.5. The number of aldehydes is 1. The number of benzene rings is 1. The lowest BCUT2D eigenvalue weighted by Crippen LogP contribution is -2.01. The van der Waals surface area contributed by atoms with Crippen LogP contribution in [-0.2, 0) is 19.9 Å². The highest BCUT2D eigenvalue weighted by Gasteiger charge is 2.07. The molecule has 0 atom stereocenters. The number of imidazole rings is 1. The Hall–Kier alpha value is -1.97. The van der Waals surface area contributed by atoms with Crippen molar-refractivity contribution in [1.82, 2.24) is 9.55 Å². The summed E-state index contributed by atoms with van der Waals surface area (Å²) in [6, 6.07) is 6.40. The Morgan fingerprint density at radius 2 is 2.00 bits per heavy atom. The van der Waals surface area contributed by atoms with Crippen molar-refractivity contribution in [3.8, 4) is 0 Å². The number of halogens is 1. The van der Waals surface area contributed by atoms with Gasteiger partial charge >= 0.3 is 0 Å². The fourth-order valence-corrected chi connectivity index (χ4v) is 1.79. The second kappa shape index (κ2) is 4.91. The molecule has 0 unspecified atom stereocenters. The molecule has 0 aliphatic rings. The van der Waals surface area contributed by atoms with Gasteiger partial charge in [0.05, 0.1) is 6.33 Å². The Morgan fingerprint density at radius 3 is 2.65 bits per heavy atom. The van der Waals surface area contributed by atoms with Crippen LogP contribution in [0.15, 0.2) is 30.6 Å². The summed E-state index contributed by atoms with van der Waals surface area (Å²) in [5, 5.41) is 0. The molecule has 0 saturated heterocycles. The van der Waals surface area contributed by atoms with E-state index in [0.29, 0.717) is 5.69 Å². The van der Waals surface area contributed by atoms with Gasteiger partial charge in [0, 0.05) is 12.7 Å². The number of aromatic nitrogens is 2. The predicted molar refractivity (Wildman–Crippen MR) is 62.4 cm³/mol.